The van der Waals surface area contributed by atoms with Crippen LogP contribution in [-0.2, 0) is 4.74 Å². The van der Waals surface area contributed by atoms with Crippen molar-refractivity contribution in [1.82, 2.24) is 5.32 Å². The molecule has 0 radical (unpaired) electrons. The molecule has 0 aliphatic rings. The number of alkyl halides is 3. The minimum absolute atomic E-state index is 0.172. The molecule has 0 aliphatic carbocycles. The first-order valence-corrected chi connectivity index (χ1v) is 3.66. The second-order valence-electron chi connectivity index (χ2n) is 3.47. The average Bonchev–Trinajstić information content (AvgIpc) is 1.76. The van der Waals surface area contributed by atoms with E-state index in [-0.39, 0.29) is 18.7 Å². The molecule has 0 aromatic carbocycles. The van der Waals surface area contributed by atoms with Gasteiger partial charge >= 0.3 is 6.36 Å². The fraction of sp³-hybridized carbons (Fsp3) is 1.00. The molecule has 12 heavy (non-hydrogen) atoms. The number of halogens is 3. The minimum Gasteiger partial charge on any atom is -0.310 e. The highest BCUT2D eigenvalue weighted by atomic mass is 19.4. The highest BCUT2D eigenvalue weighted by Gasteiger charge is 2.28. The monoisotopic (exact) mass is 185 g/mol. The molecule has 0 heterocycles. The lowest BCUT2D eigenvalue weighted by Crippen LogP contribution is -2.38. The van der Waals surface area contributed by atoms with Crippen LogP contribution in [0.5, 0.6) is 0 Å². The molecule has 0 fully saturated rings. The Balaban J connectivity index is 3.35. The number of nitrogens with one attached hydrogen (secondary N) is 1. The molecule has 0 atom stereocenters. The van der Waals surface area contributed by atoms with Crippen molar-refractivity contribution in [2.75, 3.05) is 13.2 Å². The molecular formula is C7H14F3NO. The van der Waals surface area contributed by atoms with Crippen molar-refractivity contribution in [2.24, 2.45) is 0 Å². The molecule has 0 aromatic heterocycles. The summed E-state index contributed by atoms with van der Waals surface area (Å²) in [6, 6.07) is 0. The van der Waals surface area contributed by atoms with Crippen molar-refractivity contribution in [3.05, 3.63) is 0 Å². The Morgan fingerprint density at radius 2 is 1.67 bits per heavy atom. The molecule has 0 bridgehead atoms. The predicted octanol–water partition coefficient (Wildman–Crippen LogP) is 1.91. The lowest BCUT2D eigenvalue weighted by Gasteiger charge is -2.20. The van der Waals surface area contributed by atoms with Crippen molar-refractivity contribution in [3.63, 3.8) is 0 Å². The molecule has 0 aromatic rings. The van der Waals surface area contributed by atoms with Crippen LogP contribution < -0.4 is 5.32 Å². The predicted molar refractivity (Wildman–Crippen MR) is 39.8 cm³/mol. The molecule has 0 saturated heterocycles. The molecule has 0 spiro atoms. The van der Waals surface area contributed by atoms with Gasteiger partial charge in [-0.25, -0.2) is 0 Å². The molecule has 0 amide bonds. The van der Waals surface area contributed by atoms with Crippen LogP contribution in [0.3, 0.4) is 0 Å². The third kappa shape index (κ3) is 9.71. The molecule has 0 unspecified atom stereocenters. The number of rotatable bonds is 3. The molecule has 74 valence electrons. The molecular weight excluding hydrogens is 171 g/mol. The molecule has 5 heteroatoms. The van der Waals surface area contributed by atoms with Gasteiger partial charge in [-0.15, -0.1) is 13.2 Å². The standard InChI is InChI=1S/C7H14F3NO/c1-6(2,3)11-4-5-12-7(8,9)10/h11H,4-5H2,1-3H3. The largest absolute Gasteiger partial charge is 0.522 e. The normalized spacial score (nSPS) is 13.5. The van der Waals surface area contributed by atoms with E-state index >= 15 is 0 Å². The van der Waals surface area contributed by atoms with E-state index in [1.54, 1.807) is 0 Å². The van der Waals surface area contributed by atoms with Gasteiger partial charge in [0, 0.05) is 12.1 Å². The maximum Gasteiger partial charge on any atom is 0.522 e. The van der Waals surface area contributed by atoms with Crippen LogP contribution in [0.1, 0.15) is 20.8 Å². The highest BCUT2D eigenvalue weighted by molar-refractivity contribution is 4.69. The van der Waals surface area contributed by atoms with Crippen LogP contribution in [0.4, 0.5) is 13.2 Å². The van der Waals surface area contributed by atoms with Crippen LogP contribution in [0.25, 0.3) is 0 Å². The average molecular weight is 185 g/mol. The Bertz CT molecular complexity index is 112. The quantitative estimate of drug-likeness (QED) is 0.678. The zero-order valence-corrected chi connectivity index (χ0v) is 7.46. The highest BCUT2D eigenvalue weighted by Crippen LogP contribution is 2.15. The summed E-state index contributed by atoms with van der Waals surface area (Å²) in [6.07, 6.45) is -4.51. The maximum atomic E-state index is 11.4. The summed E-state index contributed by atoms with van der Waals surface area (Å²) in [5.41, 5.74) is -0.172. The first-order valence-electron chi connectivity index (χ1n) is 3.66. The molecule has 0 aliphatic heterocycles. The van der Waals surface area contributed by atoms with Gasteiger partial charge in [-0.05, 0) is 20.8 Å². The Morgan fingerprint density at radius 1 is 1.17 bits per heavy atom. The van der Waals surface area contributed by atoms with Crippen molar-refractivity contribution in [2.45, 2.75) is 32.7 Å². The van der Waals surface area contributed by atoms with Crippen LogP contribution in [0.2, 0.25) is 0 Å². The Labute approximate surface area is 70.1 Å². The summed E-state index contributed by atoms with van der Waals surface area (Å²) in [5, 5.41) is 2.87. The van der Waals surface area contributed by atoms with Crippen molar-refractivity contribution >= 4 is 0 Å². The zero-order valence-electron chi connectivity index (χ0n) is 7.46. The van der Waals surface area contributed by atoms with Gasteiger partial charge in [0.25, 0.3) is 0 Å². The van der Waals surface area contributed by atoms with Crippen molar-refractivity contribution in [1.29, 1.82) is 0 Å². The summed E-state index contributed by atoms with van der Waals surface area (Å²) >= 11 is 0. The van der Waals surface area contributed by atoms with Gasteiger partial charge in [-0.1, -0.05) is 0 Å². The second-order valence-corrected chi connectivity index (χ2v) is 3.47. The molecule has 0 saturated carbocycles. The Hall–Kier alpha value is -0.290. The topological polar surface area (TPSA) is 21.3 Å². The van der Waals surface area contributed by atoms with Gasteiger partial charge in [0.05, 0.1) is 6.61 Å². The summed E-state index contributed by atoms with van der Waals surface area (Å²) in [4.78, 5) is 0. The van der Waals surface area contributed by atoms with Gasteiger partial charge in [-0.2, -0.15) is 0 Å². The van der Waals surface area contributed by atoms with Crippen LogP contribution >= 0.6 is 0 Å². The fourth-order valence-corrected chi connectivity index (χ4v) is 0.593. The lowest BCUT2D eigenvalue weighted by molar-refractivity contribution is -0.323. The third-order valence-corrected chi connectivity index (χ3v) is 1.02. The van der Waals surface area contributed by atoms with Gasteiger partial charge in [0.1, 0.15) is 0 Å². The maximum absolute atomic E-state index is 11.4. The van der Waals surface area contributed by atoms with E-state index in [2.05, 4.69) is 10.1 Å². The van der Waals surface area contributed by atoms with E-state index < -0.39 is 6.36 Å². The third-order valence-electron chi connectivity index (χ3n) is 1.02. The van der Waals surface area contributed by atoms with Crippen LogP contribution in [-0.4, -0.2) is 25.1 Å². The SMILES string of the molecule is CC(C)(C)NCCOC(F)(F)F. The molecule has 0 rings (SSSR count). The number of ether oxygens (including phenoxy) is 1. The van der Waals surface area contributed by atoms with Crippen molar-refractivity contribution in [3.8, 4) is 0 Å². The van der Waals surface area contributed by atoms with E-state index in [9.17, 15) is 13.2 Å². The molecule has 2 nitrogen and oxygen atoms in total. The number of hydrogen-bond donors (Lipinski definition) is 1. The van der Waals surface area contributed by atoms with E-state index in [1.165, 1.54) is 0 Å². The van der Waals surface area contributed by atoms with Gasteiger partial charge in [0.15, 0.2) is 0 Å². The summed E-state index contributed by atoms with van der Waals surface area (Å²) < 4.78 is 37.8. The van der Waals surface area contributed by atoms with Crippen molar-refractivity contribution < 1.29 is 17.9 Å². The van der Waals surface area contributed by atoms with Gasteiger partial charge < -0.3 is 5.32 Å². The van der Waals surface area contributed by atoms with Gasteiger partial charge in [0.2, 0.25) is 0 Å². The minimum atomic E-state index is -4.51. The number of hydrogen-bond acceptors (Lipinski definition) is 2. The van der Waals surface area contributed by atoms with E-state index in [0.29, 0.717) is 0 Å². The fourth-order valence-electron chi connectivity index (χ4n) is 0.593. The van der Waals surface area contributed by atoms with E-state index in [1.807, 2.05) is 20.8 Å². The molecule has 1 N–H and O–H groups in total. The summed E-state index contributed by atoms with van der Waals surface area (Å²) in [6.45, 7) is 5.48. The first kappa shape index (κ1) is 11.7. The summed E-state index contributed by atoms with van der Waals surface area (Å²) in [5.74, 6) is 0. The lowest BCUT2D eigenvalue weighted by atomic mass is 10.1. The van der Waals surface area contributed by atoms with E-state index in [0.717, 1.165) is 0 Å². The van der Waals surface area contributed by atoms with Crippen LogP contribution in [0.15, 0.2) is 0 Å². The Kier molecular flexibility index (Phi) is 3.99. The Morgan fingerprint density at radius 3 is 2.00 bits per heavy atom. The summed E-state index contributed by atoms with van der Waals surface area (Å²) in [7, 11) is 0. The van der Waals surface area contributed by atoms with Crippen LogP contribution in [0, 0.1) is 0 Å². The second kappa shape index (κ2) is 4.09. The first-order chi connectivity index (χ1) is 5.21. The van der Waals surface area contributed by atoms with Gasteiger partial charge in [-0.3, -0.25) is 4.74 Å². The zero-order chi connectivity index (χ0) is 9.83. The smallest absolute Gasteiger partial charge is 0.310 e. The van der Waals surface area contributed by atoms with E-state index in [4.69, 9.17) is 0 Å².